The van der Waals surface area contributed by atoms with Gasteiger partial charge in [-0.3, -0.25) is 14.4 Å². The van der Waals surface area contributed by atoms with Crippen LogP contribution >= 0.6 is 11.3 Å². The van der Waals surface area contributed by atoms with E-state index in [4.69, 9.17) is 4.74 Å². The number of thiazole rings is 1. The number of hydrogen-bond donors (Lipinski definition) is 2. The van der Waals surface area contributed by atoms with Crippen molar-refractivity contribution in [3.63, 3.8) is 0 Å². The highest BCUT2D eigenvalue weighted by Crippen LogP contribution is 2.27. The molecule has 0 radical (unpaired) electrons. The summed E-state index contributed by atoms with van der Waals surface area (Å²) in [4.78, 5) is 43.8. The molecule has 0 bridgehead atoms. The van der Waals surface area contributed by atoms with Gasteiger partial charge in [0.15, 0.2) is 0 Å². The van der Waals surface area contributed by atoms with Crippen molar-refractivity contribution in [3.05, 3.63) is 41.0 Å². The lowest BCUT2D eigenvalue weighted by atomic mass is 10.1. The molecule has 3 amide bonds. The molecule has 1 fully saturated rings. The molecular formula is C22H28N4O4S. The Kier molecular flexibility index (Phi) is 8.13. The standard InChI is InChI=1S/C22H28N4O4S/c1-15-21(31-14-25-15)17-7-5-16(6-8-17)12-24-22(29)18-4-3-10-26(18)20(28)13-23-19(27)9-11-30-2/h5-8,14,18H,3-4,9-13H2,1-2H3,(H,23,27)(H,24,29). The number of carbonyl (C=O) groups is 3. The molecule has 2 aromatic rings. The van der Waals surface area contributed by atoms with Gasteiger partial charge in [0.05, 0.1) is 29.2 Å². The Balaban J connectivity index is 1.49. The van der Waals surface area contributed by atoms with Crippen molar-refractivity contribution >= 4 is 29.1 Å². The van der Waals surface area contributed by atoms with E-state index in [1.54, 1.807) is 16.2 Å². The zero-order chi connectivity index (χ0) is 22.2. The Bertz CT molecular complexity index is 912. The average molecular weight is 445 g/mol. The van der Waals surface area contributed by atoms with Crippen molar-refractivity contribution in [1.82, 2.24) is 20.5 Å². The number of carbonyl (C=O) groups excluding carboxylic acids is 3. The molecule has 2 N–H and O–H groups in total. The summed E-state index contributed by atoms with van der Waals surface area (Å²) in [5, 5.41) is 5.52. The van der Waals surface area contributed by atoms with Crippen molar-refractivity contribution in [2.45, 2.75) is 38.8 Å². The van der Waals surface area contributed by atoms with Crippen molar-refractivity contribution in [1.29, 1.82) is 0 Å². The van der Waals surface area contributed by atoms with Crippen LogP contribution < -0.4 is 10.6 Å². The minimum atomic E-state index is -0.498. The molecule has 0 spiro atoms. The summed E-state index contributed by atoms with van der Waals surface area (Å²) in [7, 11) is 1.52. The lowest BCUT2D eigenvalue weighted by molar-refractivity contribution is -0.138. The van der Waals surface area contributed by atoms with Gasteiger partial charge in [-0.15, -0.1) is 11.3 Å². The lowest BCUT2D eigenvalue weighted by Gasteiger charge is -2.24. The second kappa shape index (κ2) is 11.0. The van der Waals surface area contributed by atoms with Crippen molar-refractivity contribution < 1.29 is 19.1 Å². The maximum absolute atomic E-state index is 12.7. The smallest absolute Gasteiger partial charge is 0.243 e. The third kappa shape index (κ3) is 6.11. The van der Waals surface area contributed by atoms with Gasteiger partial charge in [0, 0.05) is 26.6 Å². The van der Waals surface area contributed by atoms with E-state index in [2.05, 4.69) is 15.6 Å². The van der Waals surface area contributed by atoms with Crippen LogP contribution in [-0.2, 0) is 25.7 Å². The molecule has 1 atom stereocenters. The van der Waals surface area contributed by atoms with E-state index in [1.165, 1.54) is 7.11 Å². The Labute approximate surface area is 186 Å². The van der Waals surface area contributed by atoms with Crippen LogP contribution in [0.2, 0.25) is 0 Å². The molecule has 9 heteroatoms. The minimum absolute atomic E-state index is 0.106. The first kappa shape index (κ1) is 22.9. The number of rotatable bonds is 9. The molecule has 1 aromatic heterocycles. The molecule has 31 heavy (non-hydrogen) atoms. The quantitative estimate of drug-likeness (QED) is 0.615. The molecule has 1 unspecified atom stereocenters. The van der Waals surface area contributed by atoms with E-state index >= 15 is 0 Å². The van der Waals surface area contributed by atoms with Crippen LogP contribution in [0.3, 0.4) is 0 Å². The molecule has 1 aliphatic rings. The van der Waals surface area contributed by atoms with Crippen LogP contribution in [0, 0.1) is 6.92 Å². The largest absolute Gasteiger partial charge is 0.384 e. The van der Waals surface area contributed by atoms with Crippen LogP contribution in [0.25, 0.3) is 10.4 Å². The Morgan fingerprint density at radius 1 is 1.23 bits per heavy atom. The fourth-order valence-corrected chi connectivity index (χ4v) is 4.37. The van der Waals surface area contributed by atoms with Gasteiger partial charge in [-0.1, -0.05) is 24.3 Å². The van der Waals surface area contributed by atoms with Gasteiger partial charge in [-0.05, 0) is 30.9 Å². The van der Waals surface area contributed by atoms with Gasteiger partial charge in [-0.2, -0.15) is 0 Å². The summed E-state index contributed by atoms with van der Waals surface area (Å²) in [6.45, 7) is 3.10. The van der Waals surface area contributed by atoms with E-state index in [9.17, 15) is 14.4 Å². The normalized spacial score (nSPS) is 15.7. The number of methoxy groups -OCH3 is 1. The molecule has 3 rings (SSSR count). The van der Waals surface area contributed by atoms with Gasteiger partial charge >= 0.3 is 0 Å². The van der Waals surface area contributed by atoms with Gasteiger partial charge in [0.25, 0.3) is 0 Å². The number of benzene rings is 1. The molecule has 1 aliphatic heterocycles. The molecule has 1 saturated heterocycles. The Hall–Kier alpha value is -2.78. The second-order valence-electron chi connectivity index (χ2n) is 7.45. The van der Waals surface area contributed by atoms with Gasteiger partial charge < -0.3 is 20.3 Å². The summed E-state index contributed by atoms with van der Waals surface area (Å²) in [6, 6.07) is 7.53. The average Bonchev–Trinajstić information content (AvgIpc) is 3.44. The molecule has 2 heterocycles. The Morgan fingerprint density at radius 2 is 2.00 bits per heavy atom. The van der Waals surface area contributed by atoms with Crippen LogP contribution in [-0.4, -0.2) is 60.5 Å². The number of hydrogen-bond acceptors (Lipinski definition) is 6. The monoisotopic (exact) mass is 444 g/mol. The van der Waals surface area contributed by atoms with E-state index in [0.717, 1.165) is 28.1 Å². The first-order chi connectivity index (χ1) is 15.0. The highest BCUT2D eigenvalue weighted by atomic mass is 32.1. The van der Waals surface area contributed by atoms with Crippen LogP contribution in [0.1, 0.15) is 30.5 Å². The fraction of sp³-hybridized carbons (Fsp3) is 0.455. The first-order valence-corrected chi connectivity index (χ1v) is 11.2. The summed E-state index contributed by atoms with van der Waals surface area (Å²) in [6.07, 6.45) is 1.60. The van der Waals surface area contributed by atoms with Gasteiger partial charge in [0.1, 0.15) is 6.04 Å². The molecule has 0 saturated carbocycles. The van der Waals surface area contributed by atoms with E-state index in [0.29, 0.717) is 26.1 Å². The minimum Gasteiger partial charge on any atom is -0.384 e. The number of likely N-dealkylation sites (tertiary alicyclic amines) is 1. The number of ether oxygens (including phenoxy) is 1. The predicted molar refractivity (Wildman–Crippen MR) is 118 cm³/mol. The fourth-order valence-electron chi connectivity index (χ4n) is 3.56. The zero-order valence-electron chi connectivity index (χ0n) is 17.8. The summed E-state index contributed by atoms with van der Waals surface area (Å²) in [5.41, 5.74) is 4.93. The van der Waals surface area contributed by atoms with Crippen molar-refractivity contribution in [2.24, 2.45) is 0 Å². The molecule has 1 aromatic carbocycles. The second-order valence-corrected chi connectivity index (χ2v) is 8.30. The summed E-state index contributed by atoms with van der Waals surface area (Å²) in [5.74, 6) is -0.654. The number of amides is 3. The molecule has 166 valence electrons. The highest BCUT2D eigenvalue weighted by Gasteiger charge is 2.33. The van der Waals surface area contributed by atoms with Crippen molar-refractivity contribution in [2.75, 3.05) is 26.8 Å². The topological polar surface area (TPSA) is 101 Å². The maximum atomic E-state index is 12.7. The van der Waals surface area contributed by atoms with E-state index in [-0.39, 0.29) is 30.7 Å². The predicted octanol–water partition coefficient (Wildman–Crippen LogP) is 1.88. The maximum Gasteiger partial charge on any atom is 0.243 e. The van der Waals surface area contributed by atoms with Crippen molar-refractivity contribution in [3.8, 4) is 10.4 Å². The zero-order valence-corrected chi connectivity index (χ0v) is 18.7. The summed E-state index contributed by atoms with van der Waals surface area (Å²) >= 11 is 1.61. The number of nitrogens with one attached hydrogen (secondary N) is 2. The number of nitrogens with zero attached hydrogens (tertiary/aromatic N) is 2. The molecular weight excluding hydrogens is 416 g/mol. The lowest BCUT2D eigenvalue weighted by Crippen LogP contribution is -2.48. The summed E-state index contributed by atoms with van der Waals surface area (Å²) < 4.78 is 4.85. The van der Waals surface area contributed by atoms with Gasteiger partial charge in [-0.25, -0.2) is 4.98 Å². The van der Waals surface area contributed by atoms with Crippen LogP contribution in [0.4, 0.5) is 0 Å². The molecule has 8 nitrogen and oxygen atoms in total. The number of aryl methyl sites for hydroxylation is 1. The van der Waals surface area contributed by atoms with E-state index < -0.39 is 6.04 Å². The van der Waals surface area contributed by atoms with Crippen LogP contribution in [0.5, 0.6) is 0 Å². The third-order valence-electron chi connectivity index (χ3n) is 5.27. The van der Waals surface area contributed by atoms with Crippen LogP contribution in [0.15, 0.2) is 29.8 Å². The Morgan fingerprint density at radius 3 is 2.68 bits per heavy atom. The first-order valence-electron chi connectivity index (χ1n) is 10.3. The van der Waals surface area contributed by atoms with E-state index in [1.807, 2.05) is 36.7 Å². The van der Waals surface area contributed by atoms with Gasteiger partial charge in [0.2, 0.25) is 17.7 Å². The highest BCUT2D eigenvalue weighted by molar-refractivity contribution is 7.13. The SMILES string of the molecule is COCCC(=O)NCC(=O)N1CCCC1C(=O)NCc1ccc(-c2scnc2C)cc1. The molecule has 0 aliphatic carbocycles. The number of aromatic nitrogens is 1. The third-order valence-corrected chi connectivity index (χ3v) is 6.25.